The number of nitrogens with one attached hydrogen (secondary N) is 2. The molecule has 1 unspecified atom stereocenters. The summed E-state index contributed by atoms with van der Waals surface area (Å²) in [5.41, 5.74) is 5.38. The number of hydrogen-bond donors (Lipinski definition) is 3. The van der Waals surface area contributed by atoms with E-state index in [-0.39, 0.29) is 11.8 Å². The Morgan fingerprint density at radius 3 is 3.13 bits per heavy atom. The fourth-order valence-corrected chi connectivity index (χ4v) is 1.29. The van der Waals surface area contributed by atoms with Gasteiger partial charge in [-0.05, 0) is 19.4 Å². The van der Waals surface area contributed by atoms with Gasteiger partial charge in [0.2, 0.25) is 5.91 Å². The minimum atomic E-state index is 0.0171. The molecule has 0 saturated carbocycles. The lowest BCUT2D eigenvalue weighted by atomic mass is 10.1. The van der Waals surface area contributed by atoms with Crippen molar-refractivity contribution in [2.45, 2.75) is 26.3 Å². The van der Waals surface area contributed by atoms with Crippen LogP contribution < -0.4 is 11.1 Å². The van der Waals surface area contributed by atoms with Crippen LogP contribution in [0.4, 0.5) is 0 Å². The van der Waals surface area contributed by atoms with Gasteiger partial charge in [0, 0.05) is 18.3 Å². The van der Waals surface area contributed by atoms with Crippen LogP contribution in [0.2, 0.25) is 0 Å². The topological polar surface area (TPSA) is 83.8 Å². The molecule has 4 N–H and O–H groups in total. The molecule has 1 aromatic rings. The van der Waals surface area contributed by atoms with Crippen molar-refractivity contribution in [3.8, 4) is 0 Å². The zero-order chi connectivity index (χ0) is 11.1. The largest absolute Gasteiger partial charge is 0.349 e. The van der Waals surface area contributed by atoms with E-state index in [0.29, 0.717) is 13.1 Å². The van der Waals surface area contributed by atoms with Crippen molar-refractivity contribution < 1.29 is 4.79 Å². The first kappa shape index (κ1) is 11.7. The fraction of sp³-hybridized carbons (Fsp3) is 0.600. The van der Waals surface area contributed by atoms with E-state index in [9.17, 15) is 4.79 Å². The molecule has 5 nitrogen and oxygen atoms in total. The van der Waals surface area contributed by atoms with Gasteiger partial charge in [-0.15, -0.1) is 0 Å². The van der Waals surface area contributed by atoms with Gasteiger partial charge in [-0.1, -0.05) is 6.92 Å². The number of carbonyl (C=O) groups is 1. The molecule has 5 heteroatoms. The molecule has 0 fully saturated rings. The fourth-order valence-electron chi connectivity index (χ4n) is 1.29. The minimum absolute atomic E-state index is 0.0171. The van der Waals surface area contributed by atoms with E-state index in [4.69, 9.17) is 5.73 Å². The molecule has 0 aliphatic carbocycles. The number of carbonyl (C=O) groups excluding carboxylic acids is 1. The molecule has 0 bridgehead atoms. The van der Waals surface area contributed by atoms with Crippen LogP contribution in [0.1, 0.15) is 25.6 Å². The Morgan fingerprint density at radius 2 is 2.53 bits per heavy atom. The Morgan fingerprint density at radius 1 is 1.73 bits per heavy atom. The predicted octanol–water partition coefficient (Wildman–Crippen LogP) is 0.401. The maximum Gasteiger partial charge on any atom is 0.223 e. The first-order valence-corrected chi connectivity index (χ1v) is 5.20. The number of H-pyrrole nitrogens is 1. The van der Waals surface area contributed by atoms with Crippen LogP contribution in [-0.2, 0) is 11.3 Å². The van der Waals surface area contributed by atoms with Crippen molar-refractivity contribution in [1.29, 1.82) is 0 Å². The SMILES string of the molecule is CC(CCCN)C(=O)NCc1ncc[nH]1. The zero-order valence-corrected chi connectivity index (χ0v) is 8.99. The molecule has 0 saturated heterocycles. The maximum atomic E-state index is 11.6. The molecule has 0 aromatic carbocycles. The van der Waals surface area contributed by atoms with Gasteiger partial charge in [0.25, 0.3) is 0 Å². The summed E-state index contributed by atoms with van der Waals surface area (Å²) in [6, 6.07) is 0. The van der Waals surface area contributed by atoms with Gasteiger partial charge in [0.05, 0.1) is 6.54 Å². The number of rotatable bonds is 6. The van der Waals surface area contributed by atoms with Gasteiger partial charge in [-0.3, -0.25) is 4.79 Å². The van der Waals surface area contributed by atoms with Crippen molar-refractivity contribution >= 4 is 5.91 Å². The van der Waals surface area contributed by atoms with Crippen molar-refractivity contribution in [3.05, 3.63) is 18.2 Å². The Labute approximate surface area is 89.5 Å². The smallest absolute Gasteiger partial charge is 0.223 e. The molecular formula is C10H18N4O. The Hall–Kier alpha value is -1.36. The Bertz CT molecular complexity index is 284. The number of aromatic nitrogens is 2. The number of aromatic amines is 1. The second kappa shape index (κ2) is 6.19. The summed E-state index contributed by atoms with van der Waals surface area (Å²) in [5.74, 6) is 0.845. The molecule has 0 aliphatic rings. The third-order valence-corrected chi connectivity index (χ3v) is 2.27. The number of nitrogens with two attached hydrogens (primary N) is 1. The van der Waals surface area contributed by atoms with Crippen LogP contribution in [0.25, 0.3) is 0 Å². The molecule has 1 heterocycles. The van der Waals surface area contributed by atoms with E-state index in [1.807, 2.05) is 6.92 Å². The van der Waals surface area contributed by atoms with Gasteiger partial charge in [-0.2, -0.15) is 0 Å². The summed E-state index contributed by atoms with van der Waals surface area (Å²) in [7, 11) is 0. The van der Waals surface area contributed by atoms with Gasteiger partial charge in [-0.25, -0.2) is 4.98 Å². The number of imidazole rings is 1. The standard InChI is InChI=1S/C10H18N4O/c1-8(3-2-4-11)10(15)14-7-9-12-5-6-13-9/h5-6,8H,2-4,7,11H2,1H3,(H,12,13)(H,14,15). The zero-order valence-electron chi connectivity index (χ0n) is 8.99. The Balaban J connectivity index is 2.23. The van der Waals surface area contributed by atoms with Gasteiger partial charge in [0.15, 0.2) is 0 Å². The highest BCUT2D eigenvalue weighted by Crippen LogP contribution is 2.04. The molecule has 0 aliphatic heterocycles. The molecule has 1 amide bonds. The molecule has 84 valence electrons. The van der Waals surface area contributed by atoms with Crippen molar-refractivity contribution in [2.24, 2.45) is 11.7 Å². The number of amides is 1. The van der Waals surface area contributed by atoms with Crippen molar-refractivity contribution in [1.82, 2.24) is 15.3 Å². The lowest BCUT2D eigenvalue weighted by molar-refractivity contribution is -0.124. The molecule has 1 rings (SSSR count). The summed E-state index contributed by atoms with van der Waals surface area (Å²) in [6.45, 7) is 3.00. The molecule has 0 spiro atoms. The van der Waals surface area contributed by atoms with Crippen molar-refractivity contribution in [2.75, 3.05) is 6.54 Å². The molecule has 0 radical (unpaired) electrons. The quantitative estimate of drug-likeness (QED) is 0.635. The van der Waals surface area contributed by atoms with Crippen LogP contribution in [0, 0.1) is 5.92 Å². The highest BCUT2D eigenvalue weighted by atomic mass is 16.1. The monoisotopic (exact) mass is 210 g/mol. The van der Waals surface area contributed by atoms with Gasteiger partial charge in [0.1, 0.15) is 5.82 Å². The second-order valence-electron chi connectivity index (χ2n) is 3.59. The highest BCUT2D eigenvalue weighted by molar-refractivity contribution is 5.78. The Kier molecular flexibility index (Phi) is 4.83. The van der Waals surface area contributed by atoms with Crippen LogP contribution in [0.3, 0.4) is 0 Å². The van der Waals surface area contributed by atoms with E-state index < -0.39 is 0 Å². The van der Waals surface area contributed by atoms with Gasteiger partial charge >= 0.3 is 0 Å². The molecule has 15 heavy (non-hydrogen) atoms. The summed E-state index contributed by atoms with van der Waals surface area (Å²) in [6.07, 6.45) is 5.12. The van der Waals surface area contributed by atoms with Gasteiger partial charge < -0.3 is 16.0 Å². The summed E-state index contributed by atoms with van der Waals surface area (Å²) in [4.78, 5) is 18.5. The lowest BCUT2D eigenvalue weighted by Crippen LogP contribution is -2.29. The molecule has 1 aromatic heterocycles. The summed E-state index contributed by atoms with van der Waals surface area (Å²) in [5, 5.41) is 2.82. The van der Waals surface area contributed by atoms with Crippen LogP contribution in [0.15, 0.2) is 12.4 Å². The second-order valence-corrected chi connectivity index (χ2v) is 3.59. The normalized spacial score (nSPS) is 12.4. The maximum absolute atomic E-state index is 11.6. The van der Waals surface area contributed by atoms with Crippen molar-refractivity contribution in [3.63, 3.8) is 0 Å². The molecular weight excluding hydrogens is 192 g/mol. The van der Waals surface area contributed by atoms with Crippen LogP contribution in [0.5, 0.6) is 0 Å². The van der Waals surface area contributed by atoms with E-state index in [1.165, 1.54) is 0 Å². The molecule has 1 atom stereocenters. The average Bonchev–Trinajstić information content (AvgIpc) is 2.75. The first-order valence-electron chi connectivity index (χ1n) is 5.20. The third kappa shape index (κ3) is 4.12. The van der Waals surface area contributed by atoms with E-state index in [2.05, 4.69) is 15.3 Å². The average molecular weight is 210 g/mol. The first-order chi connectivity index (χ1) is 7.24. The third-order valence-electron chi connectivity index (χ3n) is 2.27. The minimum Gasteiger partial charge on any atom is -0.349 e. The predicted molar refractivity (Wildman–Crippen MR) is 57.9 cm³/mol. The van der Waals surface area contributed by atoms with Crippen LogP contribution >= 0.6 is 0 Å². The van der Waals surface area contributed by atoms with Crippen LogP contribution in [-0.4, -0.2) is 22.4 Å². The highest BCUT2D eigenvalue weighted by Gasteiger charge is 2.11. The lowest BCUT2D eigenvalue weighted by Gasteiger charge is -2.10. The number of hydrogen-bond acceptors (Lipinski definition) is 3. The number of nitrogens with zero attached hydrogens (tertiary/aromatic N) is 1. The van der Waals surface area contributed by atoms with E-state index >= 15 is 0 Å². The summed E-state index contributed by atoms with van der Waals surface area (Å²) < 4.78 is 0. The van der Waals surface area contributed by atoms with E-state index in [1.54, 1.807) is 12.4 Å². The summed E-state index contributed by atoms with van der Waals surface area (Å²) >= 11 is 0. The van der Waals surface area contributed by atoms with E-state index in [0.717, 1.165) is 18.7 Å².